The first-order chi connectivity index (χ1) is 13.1. The lowest BCUT2D eigenvalue weighted by molar-refractivity contribution is -0.117. The lowest BCUT2D eigenvalue weighted by Gasteiger charge is -2.34. The van der Waals surface area contributed by atoms with E-state index in [1.165, 1.54) is 0 Å². The van der Waals surface area contributed by atoms with Crippen molar-refractivity contribution in [2.75, 3.05) is 38.0 Å². The van der Waals surface area contributed by atoms with Gasteiger partial charge in [-0.05, 0) is 25.1 Å². The van der Waals surface area contributed by atoms with Crippen LogP contribution in [0.4, 0.5) is 5.82 Å². The molecule has 4 rings (SSSR count). The normalized spacial score (nSPS) is 15.2. The fourth-order valence-corrected chi connectivity index (χ4v) is 3.08. The van der Waals surface area contributed by atoms with Crippen molar-refractivity contribution in [2.45, 2.75) is 6.92 Å². The predicted molar refractivity (Wildman–Crippen MR) is 96.1 cm³/mol. The molecule has 2 aromatic heterocycles. The van der Waals surface area contributed by atoms with Crippen LogP contribution in [0.1, 0.15) is 16.1 Å². The Morgan fingerprint density at radius 1 is 1.15 bits per heavy atom. The molecule has 0 bridgehead atoms. The molecule has 10 nitrogen and oxygen atoms in total. The number of hydrogen-bond donors (Lipinski definition) is 2. The van der Waals surface area contributed by atoms with Crippen molar-refractivity contribution in [3.05, 3.63) is 35.6 Å². The summed E-state index contributed by atoms with van der Waals surface area (Å²) < 4.78 is 4.93. The maximum absolute atomic E-state index is 12.7. The number of benzene rings is 1. The third kappa shape index (κ3) is 3.80. The van der Waals surface area contributed by atoms with Gasteiger partial charge in [-0.2, -0.15) is 15.4 Å². The Labute approximate surface area is 154 Å². The minimum atomic E-state index is -0.153. The van der Waals surface area contributed by atoms with Crippen molar-refractivity contribution >= 4 is 28.7 Å². The lowest BCUT2D eigenvalue weighted by atomic mass is 10.1. The molecular formula is C17H19N7O3. The summed E-state index contributed by atoms with van der Waals surface area (Å²) in [5, 5.41) is 17.0. The zero-order chi connectivity index (χ0) is 18.8. The van der Waals surface area contributed by atoms with Crippen molar-refractivity contribution in [3.8, 4) is 0 Å². The Kier molecular flexibility index (Phi) is 4.55. The molecule has 0 saturated carbocycles. The van der Waals surface area contributed by atoms with E-state index in [-0.39, 0.29) is 18.4 Å². The number of hydrogen-bond acceptors (Lipinski definition) is 7. The van der Waals surface area contributed by atoms with Crippen LogP contribution in [0.3, 0.4) is 0 Å². The molecule has 1 aliphatic heterocycles. The van der Waals surface area contributed by atoms with Crippen LogP contribution >= 0.6 is 0 Å². The van der Waals surface area contributed by atoms with Crippen LogP contribution in [-0.2, 0) is 4.79 Å². The summed E-state index contributed by atoms with van der Waals surface area (Å²) in [5.74, 6) is 0.859. The number of piperazine rings is 1. The van der Waals surface area contributed by atoms with Crippen molar-refractivity contribution < 1.29 is 14.1 Å². The Balaban J connectivity index is 1.30. The van der Waals surface area contributed by atoms with Gasteiger partial charge in [0.25, 0.3) is 5.91 Å². The van der Waals surface area contributed by atoms with Gasteiger partial charge in [0.1, 0.15) is 16.8 Å². The molecule has 3 aromatic rings. The smallest absolute Gasteiger partial charge is 0.254 e. The molecule has 0 atom stereocenters. The Morgan fingerprint density at radius 3 is 2.67 bits per heavy atom. The molecule has 1 aromatic carbocycles. The van der Waals surface area contributed by atoms with E-state index in [0.717, 1.165) is 5.52 Å². The Bertz CT molecular complexity index is 972. The number of rotatable bonds is 4. The summed E-state index contributed by atoms with van der Waals surface area (Å²) in [7, 11) is 0. The van der Waals surface area contributed by atoms with E-state index in [1.807, 2.05) is 4.90 Å². The van der Waals surface area contributed by atoms with Crippen LogP contribution in [0.25, 0.3) is 11.0 Å². The monoisotopic (exact) mass is 369 g/mol. The topological polar surface area (TPSA) is 120 Å². The third-order valence-electron chi connectivity index (χ3n) is 4.49. The van der Waals surface area contributed by atoms with E-state index in [2.05, 4.69) is 25.9 Å². The summed E-state index contributed by atoms with van der Waals surface area (Å²) in [6.07, 6.45) is 0. The molecule has 1 saturated heterocycles. The van der Waals surface area contributed by atoms with Crippen LogP contribution in [0.5, 0.6) is 0 Å². The van der Waals surface area contributed by atoms with Crippen LogP contribution in [0.2, 0.25) is 0 Å². The van der Waals surface area contributed by atoms with Crippen LogP contribution in [0.15, 0.2) is 28.8 Å². The van der Waals surface area contributed by atoms with Crippen LogP contribution < -0.4 is 5.32 Å². The molecule has 140 valence electrons. The quantitative estimate of drug-likeness (QED) is 0.693. The zero-order valence-electron chi connectivity index (χ0n) is 14.8. The van der Waals surface area contributed by atoms with E-state index in [9.17, 15) is 9.59 Å². The van der Waals surface area contributed by atoms with Crippen molar-refractivity contribution in [3.63, 3.8) is 0 Å². The largest absolute Gasteiger partial charge is 0.360 e. The number of aryl methyl sites for hydroxylation is 1. The highest BCUT2D eigenvalue weighted by molar-refractivity contribution is 5.97. The Hall–Kier alpha value is -3.27. The number of fused-ring (bicyclic) bond motifs is 1. The molecule has 0 aliphatic carbocycles. The molecule has 1 fully saturated rings. The number of anilines is 1. The summed E-state index contributed by atoms with van der Waals surface area (Å²) in [4.78, 5) is 28.6. The average molecular weight is 369 g/mol. The Morgan fingerprint density at radius 2 is 1.93 bits per heavy atom. The van der Waals surface area contributed by atoms with Crippen molar-refractivity contribution in [2.24, 2.45) is 0 Å². The van der Waals surface area contributed by atoms with Gasteiger partial charge in [0.05, 0.1) is 6.54 Å². The van der Waals surface area contributed by atoms with Gasteiger partial charge in [-0.25, -0.2) is 0 Å². The van der Waals surface area contributed by atoms with Crippen LogP contribution in [0, 0.1) is 6.92 Å². The van der Waals surface area contributed by atoms with E-state index in [0.29, 0.717) is 48.8 Å². The molecule has 10 heteroatoms. The summed E-state index contributed by atoms with van der Waals surface area (Å²) in [6, 6.07) is 6.94. The van der Waals surface area contributed by atoms with Gasteiger partial charge >= 0.3 is 0 Å². The van der Waals surface area contributed by atoms with Crippen LogP contribution in [-0.4, -0.2) is 74.9 Å². The number of carbonyl (C=O) groups is 2. The maximum Gasteiger partial charge on any atom is 0.254 e. The number of amides is 2. The maximum atomic E-state index is 12.7. The van der Waals surface area contributed by atoms with Gasteiger partial charge in [0.15, 0.2) is 5.82 Å². The first-order valence-corrected chi connectivity index (χ1v) is 8.64. The van der Waals surface area contributed by atoms with Crippen molar-refractivity contribution in [1.29, 1.82) is 0 Å². The van der Waals surface area contributed by atoms with E-state index in [1.54, 1.807) is 36.1 Å². The van der Waals surface area contributed by atoms with E-state index < -0.39 is 0 Å². The molecule has 2 amide bonds. The first-order valence-electron chi connectivity index (χ1n) is 8.64. The second kappa shape index (κ2) is 7.16. The average Bonchev–Trinajstić information content (AvgIpc) is 3.29. The van der Waals surface area contributed by atoms with E-state index in [4.69, 9.17) is 4.52 Å². The lowest BCUT2D eigenvalue weighted by Crippen LogP contribution is -2.50. The first kappa shape index (κ1) is 17.2. The van der Waals surface area contributed by atoms with Gasteiger partial charge in [-0.3, -0.25) is 14.5 Å². The number of aromatic amines is 1. The van der Waals surface area contributed by atoms with Gasteiger partial charge in [-0.1, -0.05) is 5.16 Å². The molecule has 1 aliphatic rings. The minimum Gasteiger partial charge on any atom is -0.360 e. The highest BCUT2D eigenvalue weighted by atomic mass is 16.5. The molecule has 0 unspecified atom stereocenters. The summed E-state index contributed by atoms with van der Waals surface area (Å²) in [6.45, 7) is 4.39. The number of nitrogens with one attached hydrogen (secondary N) is 2. The standard InChI is InChI=1S/C17H19N7O3/c1-11-8-15(21-27-11)18-16(25)10-23-4-6-24(7-5-23)17(26)12-2-3-13-14(9-12)20-22-19-13/h2-3,8-9H,4-7,10H2,1H3,(H,18,21,25)(H,19,20,22). The van der Waals surface area contributed by atoms with E-state index >= 15 is 0 Å². The molecular weight excluding hydrogens is 350 g/mol. The SMILES string of the molecule is Cc1cc(NC(=O)CN2CCN(C(=O)c3ccc4n[nH]nc4c3)CC2)no1. The fraction of sp³-hybridized carbons (Fsp3) is 0.353. The third-order valence-corrected chi connectivity index (χ3v) is 4.49. The van der Waals surface area contributed by atoms with Gasteiger partial charge in [0, 0.05) is 37.8 Å². The number of carbonyl (C=O) groups excluding carboxylic acids is 2. The molecule has 0 radical (unpaired) electrons. The molecule has 2 N–H and O–H groups in total. The number of nitrogens with zero attached hydrogens (tertiary/aromatic N) is 5. The van der Waals surface area contributed by atoms with Crippen molar-refractivity contribution in [1.82, 2.24) is 30.4 Å². The zero-order valence-corrected chi connectivity index (χ0v) is 14.8. The highest BCUT2D eigenvalue weighted by Gasteiger charge is 2.24. The number of aromatic nitrogens is 4. The van der Waals surface area contributed by atoms with Gasteiger partial charge in [0.2, 0.25) is 5.91 Å². The summed E-state index contributed by atoms with van der Waals surface area (Å²) >= 11 is 0. The molecule has 27 heavy (non-hydrogen) atoms. The minimum absolute atomic E-state index is 0.0397. The second-order valence-corrected chi connectivity index (χ2v) is 6.47. The van der Waals surface area contributed by atoms with Gasteiger partial charge in [-0.15, -0.1) is 0 Å². The molecule has 0 spiro atoms. The second-order valence-electron chi connectivity index (χ2n) is 6.47. The highest BCUT2D eigenvalue weighted by Crippen LogP contribution is 2.14. The number of H-pyrrole nitrogens is 1. The molecule has 3 heterocycles. The summed E-state index contributed by atoms with van der Waals surface area (Å²) in [5.41, 5.74) is 1.98. The predicted octanol–water partition coefficient (Wildman–Crippen LogP) is 0.651. The van der Waals surface area contributed by atoms with Gasteiger partial charge < -0.3 is 14.7 Å². The fourth-order valence-electron chi connectivity index (χ4n) is 3.08.